The first kappa shape index (κ1) is 23.0. The lowest BCUT2D eigenvalue weighted by atomic mass is 9.91. The predicted molar refractivity (Wildman–Crippen MR) is 123 cm³/mol. The molecule has 0 aliphatic heterocycles. The summed E-state index contributed by atoms with van der Waals surface area (Å²) in [7, 11) is 1.64. The Balaban J connectivity index is 1.51. The van der Waals surface area contributed by atoms with E-state index in [1.165, 1.54) is 32.1 Å². The second-order valence-electron chi connectivity index (χ2n) is 8.65. The first-order valence-electron chi connectivity index (χ1n) is 11.4. The van der Waals surface area contributed by atoms with Crippen molar-refractivity contribution in [1.29, 1.82) is 0 Å². The molecule has 2 amide bonds. The highest BCUT2D eigenvalue weighted by atomic mass is 32.2. The highest BCUT2D eigenvalue weighted by molar-refractivity contribution is 7.99. The molecule has 0 spiro atoms. The Hall–Kier alpha value is -1.69. The van der Waals surface area contributed by atoms with Crippen molar-refractivity contribution < 1.29 is 14.3 Å². The number of benzene rings is 1. The normalized spacial score (nSPS) is 18.7. The van der Waals surface area contributed by atoms with Crippen LogP contribution in [0.4, 0.5) is 0 Å². The van der Waals surface area contributed by atoms with Crippen LogP contribution in [0.15, 0.2) is 24.3 Å². The van der Waals surface area contributed by atoms with Crippen molar-refractivity contribution in [3.8, 4) is 5.75 Å². The molecule has 2 saturated carbocycles. The summed E-state index contributed by atoms with van der Waals surface area (Å²) in [5.41, 5.74) is 1.01. The van der Waals surface area contributed by atoms with Crippen LogP contribution < -0.4 is 15.4 Å². The number of methoxy groups -OCH3 is 1. The van der Waals surface area contributed by atoms with E-state index in [1.54, 1.807) is 7.11 Å². The van der Waals surface area contributed by atoms with Crippen LogP contribution in [0, 0.1) is 11.8 Å². The molecule has 6 heteroatoms. The minimum atomic E-state index is -0.468. The standard InChI is InChI=1S/C24H36N2O3S/c1-29-21-13-11-18(12-14-21)15-25-24(28)22(26-23(27)20-9-5-6-10-20)17-30-16-19-7-3-2-4-8-19/h11-14,19-20,22H,2-10,15-17H2,1H3,(H,25,28)(H,26,27). The van der Waals surface area contributed by atoms with Gasteiger partial charge in [-0.1, -0.05) is 44.2 Å². The van der Waals surface area contributed by atoms with E-state index < -0.39 is 6.04 Å². The van der Waals surface area contributed by atoms with Crippen LogP contribution in [0.1, 0.15) is 63.4 Å². The van der Waals surface area contributed by atoms with Crippen molar-refractivity contribution in [3.05, 3.63) is 29.8 Å². The van der Waals surface area contributed by atoms with Gasteiger partial charge in [-0.3, -0.25) is 9.59 Å². The third-order valence-corrected chi connectivity index (χ3v) is 7.62. The average molecular weight is 433 g/mol. The monoisotopic (exact) mass is 432 g/mol. The lowest BCUT2D eigenvalue weighted by Crippen LogP contribution is -2.49. The Labute approximate surface area is 185 Å². The SMILES string of the molecule is COc1ccc(CNC(=O)C(CSCC2CCCCC2)NC(=O)C2CCCC2)cc1. The number of nitrogens with one attached hydrogen (secondary N) is 2. The first-order valence-corrected chi connectivity index (χ1v) is 12.6. The molecule has 0 bridgehead atoms. The maximum absolute atomic E-state index is 12.9. The summed E-state index contributed by atoms with van der Waals surface area (Å²) < 4.78 is 5.18. The average Bonchev–Trinajstić information content (AvgIpc) is 3.33. The molecule has 2 fully saturated rings. The summed E-state index contributed by atoms with van der Waals surface area (Å²) in [6.45, 7) is 0.450. The number of hydrogen-bond acceptors (Lipinski definition) is 4. The van der Waals surface area contributed by atoms with Gasteiger partial charge in [0.05, 0.1) is 7.11 Å². The zero-order valence-corrected chi connectivity index (χ0v) is 19.0. The van der Waals surface area contributed by atoms with Gasteiger partial charge in [-0.25, -0.2) is 0 Å². The molecule has 1 unspecified atom stereocenters. The molecular formula is C24H36N2O3S. The molecule has 0 heterocycles. The molecule has 0 saturated heterocycles. The lowest BCUT2D eigenvalue weighted by Gasteiger charge is -2.23. The number of carbonyl (C=O) groups is 2. The number of hydrogen-bond donors (Lipinski definition) is 2. The van der Waals surface area contributed by atoms with E-state index in [-0.39, 0.29) is 17.7 Å². The third-order valence-electron chi connectivity index (χ3n) is 6.35. The number of thioether (sulfide) groups is 1. The highest BCUT2D eigenvalue weighted by Crippen LogP contribution is 2.27. The van der Waals surface area contributed by atoms with E-state index in [1.807, 2.05) is 36.0 Å². The summed E-state index contributed by atoms with van der Waals surface area (Å²) in [6.07, 6.45) is 10.7. The Morgan fingerprint density at radius 2 is 1.70 bits per heavy atom. The van der Waals surface area contributed by atoms with E-state index in [4.69, 9.17) is 4.74 Å². The van der Waals surface area contributed by atoms with Gasteiger partial charge in [0.25, 0.3) is 0 Å². The van der Waals surface area contributed by atoms with Gasteiger partial charge in [-0.05, 0) is 55.1 Å². The molecular weight excluding hydrogens is 396 g/mol. The van der Waals surface area contributed by atoms with E-state index in [0.717, 1.165) is 48.7 Å². The van der Waals surface area contributed by atoms with E-state index >= 15 is 0 Å². The second kappa shape index (κ2) is 12.2. The van der Waals surface area contributed by atoms with Gasteiger partial charge in [0.15, 0.2) is 0 Å². The number of amides is 2. The molecule has 1 atom stereocenters. The first-order chi connectivity index (χ1) is 14.7. The van der Waals surface area contributed by atoms with Crippen molar-refractivity contribution in [2.24, 2.45) is 11.8 Å². The molecule has 30 heavy (non-hydrogen) atoms. The predicted octanol–water partition coefficient (Wildman–Crippen LogP) is 4.30. The molecule has 2 aliphatic rings. The summed E-state index contributed by atoms with van der Waals surface area (Å²) in [6, 6.07) is 7.21. The third kappa shape index (κ3) is 7.22. The topological polar surface area (TPSA) is 67.4 Å². The molecule has 0 aromatic heterocycles. The van der Waals surface area contributed by atoms with Crippen LogP contribution >= 0.6 is 11.8 Å². The van der Waals surface area contributed by atoms with E-state index in [2.05, 4.69) is 10.6 Å². The Kier molecular flexibility index (Phi) is 9.37. The van der Waals surface area contributed by atoms with Crippen LogP contribution in [-0.4, -0.2) is 36.5 Å². The zero-order valence-electron chi connectivity index (χ0n) is 18.2. The van der Waals surface area contributed by atoms with Gasteiger partial charge in [0.1, 0.15) is 11.8 Å². The van der Waals surface area contributed by atoms with Gasteiger partial charge < -0.3 is 15.4 Å². The van der Waals surface area contributed by atoms with Crippen LogP contribution in [0.2, 0.25) is 0 Å². The second-order valence-corrected chi connectivity index (χ2v) is 9.72. The van der Waals surface area contributed by atoms with Gasteiger partial charge in [-0.2, -0.15) is 11.8 Å². The van der Waals surface area contributed by atoms with Gasteiger partial charge >= 0.3 is 0 Å². The van der Waals surface area contributed by atoms with Crippen LogP contribution in [0.25, 0.3) is 0 Å². The molecule has 2 N–H and O–H groups in total. The Morgan fingerprint density at radius 3 is 2.37 bits per heavy atom. The minimum absolute atomic E-state index is 0.0513. The minimum Gasteiger partial charge on any atom is -0.497 e. The molecule has 1 aromatic rings. The fourth-order valence-corrected chi connectivity index (χ4v) is 5.70. The van der Waals surface area contributed by atoms with Gasteiger partial charge in [-0.15, -0.1) is 0 Å². The summed E-state index contributed by atoms with van der Waals surface area (Å²) in [5, 5.41) is 6.07. The quantitative estimate of drug-likeness (QED) is 0.578. The van der Waals surface area contributed by atoms with Crippen molar-refractivity contribution in [1.82, 2.24) is 10.6 Å². The molecule has 1 aromatic carbocycles. The van der Waals surface area contributed by atoms with Gasteiger partial charge in [0.2, 0.25) is 11.8 Å². The van der Waals surface area contributed by atoms with Crippen molar-refractivity contribution in [3.63, 3.8) is 0 Å². The lowest BCUT2D eigenvalue weighted by molar-refractivity contribution is -0.130. The zero-order chi connectivity index (χ0) is 21.2. The summed E-state index contributed by atoms with van der Waals surface area (Å²) in [4.78, 5) is 25.6. The molecule has 5 nitrogen and oxygen atoms in total. The molecule has 3 rings (SSSR count). The fraction of sp³-hybridized carbons (Fsp3) is 0.667. The summed E-state index contributed by atoms with van der Waals surface area (Å²) in [5.74, 6) is 3.32. The molecule has 2 aliphatic carbocycles. The largest absolute Gasteiger partial charge is 0.497 e. The van der Waals surface area contributed by atoms with Crippen LogP contribution in [-0.2, 0) is 16.1 Å². The van der Waals surface area contributed by atoms with Gasteiger partial charge in [0, 0.05) is 18.2 Å². The molecule has 0 radical (unpaired) electrons. The van der Waals surface area contributed by atoms with Crippen LogP contribution in [0.3, 0.4) is 0 Å². The Bertz CT molecular complexity index is 668. The molecule has 166 valence electrons. The number of rotatable bonds is 10. The van der Waals surface area contributed by atoms with Crippen molar-refractivity contribution in [2.45, 2.75) is 70.4 Å². The van der Waals surface area contributed by atoms with Crippen molar-refractivity contribution >= 4 is 23.6 Å². The fourth-order valence-electron chi connectivity index (χ4n) is 4.42. The van der Waals surface area contributed by atoms with E-state index in [0.29, 0.717) is 12.3 Å². The number of carbonyl (C=O) groups excluding carboxylic acids is 2. The summed E-state index contributed by atoms with van der Waals surface area (Å²) >= 11 is 1.82. The maximum atomic E-state index is 12.9. The number of ether oxygens (including phenoxy) is 1. The van der Waals surface area contributed by atoms with Crippen LogP contribution in [0.5, 0.6) is 5.75 Å². The Morgan fingerprint density at radius 1 is 1.03 bits per heavy atom. The smallest absolute Gasteiger partial charge is 0.243 e. The van der Waals surface area contributed by atoms with Crippen molar-refractivity contribution in [2.75, 3.05) is 18.6 Å². The maximum Gasteiger partial charge on any atom is 0.243 e. The highest BCUT2D eigenvalue weighted by Gasteiger charge is 2.28. The van der Waals surface area contributed by atoms with E-state index in [9.17, 15) is 9.59 Å².